The summed E-state index contributed by atoms with van der Waals surface area (Å²) in [6.07, 6.45) is 1.78. The summed E-state index contributed by atoms with van der Waals surface area (Å²) in [6.45, 7) is 0. The molecule has 0 radical (unpaired) electrons. The molecule has 0 saturated carbocycles. The van der Waals surface area contributed by atoms with Gasteiger partial charge in [0.05, 0.1) is 11.7 Å². The van der Waals surface area contributed by atoms with Crippen molar-refractivity contribution in [3.05, 3.63) is 69.8 Å². The minimum absolute atomic E-state index is 0.741. The number of anilines is 1. The first-order valence-corrected chi connectivity index (χ1v) is 7.29. The highest BCUT2D eigenvalue weighted by atomic mass is 127. The number of hydrazone groups is 1. The molecule has 1 N–H and O–H groups in total. The van der Waals surface area contributed by atoms with Crippen LogP contribution in [0.2, 0.25) is 0 Å². The number of benzene rings is 2. The molecule has 0 saturated heterocycles. The number of para-hydroxylation sites is 1. The number of rotatable bonds is 3. The van der Waals surface area contributed by atoms with Crippen molar-refractivity contribution in [3.63, 3.8) is 0 Å². The monoisotopic (exact) mass is 373 g/mol. The summed E-state index contributed by atoms with van der Waals surface area (Å²) in [4.78, 5) is 4.49. The van der Waals surface area contributed by atoms with Crippen LogP contribution in [0.15, 0.2) is 65.8 Å². The highest BCUT2D eigenvalue weighted by Gasteiger charge is 1.95. The molecule has 20 heavy (non-hydrogen) atoms. The van der Waals surface area contributed by atoms with E-state index in [2.05, 4.69) is 50.2 Å². The van der Waals surface area contributed by atoms with Gasteiger partial charge in [0.1, 0.15) is 5.82 Å². The minimum atomic E-state index is 0.741. The lowest BCUT2D eigenvalue weighted by Crippen LogP contribution is -1.93. The number of hydrogen-bond donors (Lipinski definition) is 1. The van der Waals surface area contributed by atoms with Gasteiger partial charge < -0.3 is 0 Å². The number of pyridine rings is 1. The van der Waals surface area contributed by atoms with Crippen molar-refractivity contribution in [2.24, 2.45) is 5.10 Å². The van der Waals surface area contributed by atoms with Gasteiger partial charge in [-0.2, -0.15) is 5.10 Å². The molecule has 0 bridgehead atoms. The third kappa shape index (κ3) is 3.14. The van der Waals surface area contributed by atoms with Gasteiger partial charge in [-0.1, -0.05) is 30.3 Å². The van der Waals surface area contributed by atoms with Gasteiger partial charge in [-0.25, -0.2) is 4.98 Å². The Morgan fingerprint density at radius 3 is 2.60 bits per heavy atom. The summed E-state index contributed by atoms with van der Waals surface area (Å²) >= 11 is 2.28. The average Bonchev–Trinajstić information content (AvgIpc) is 2.49. The Balaban J connectivity index is 1.74. The van der Waals surface area contributed by atoms with Crippen molar-refractivity contribution in [3.8, 4) is 0 Å². The lowest BCUT2D eigenvalue weighted by Gasteiger charge is -2.01. The lowest BCUT2D eigenvalue weighted by atomic mass is 10.2. The van der Waals surface area contributed by atoms with Crippen molar-refractivity contribution in [2.45, 2.75) is 0 Å². The Morgan fingerprint density at radius 1 is 0.950 bits per heavy atom. The number of nitrogens with one attached hydrogen (secondary N) is 1. The van der Waals surface area contributed by atoms with Crippen LogP contribution in [0.4, 0.5) is 5.82 Å². The SMILES string of the molecule is Ic1ccc(/C=N/Nc2ccc3ccccc3n2)cc1. The molecule has 0 spiro atoms. The fraction of sp³-hybridized carbons (Fsp3) is 0. The van der Waals surface area contributed by atoms with E-state index in [1.54, 1.807) is 6.21 Å². The third-order valence-electron chi connectivity index (χ3n) is 2.86. The number of hydrogen-bond acceptors (Lipinski definition) is 3. The fourth-order valence-electron chi connectivity index (χ4n) is 1.85. The molecular weight excluding hydrogens is 361 g/mol. The van der Waals surface area contributed by atoms with E-state index >= 15 is 0 Å². The van der Waals surface area contributed by atoms with Crippen LogP contribution in [-0.4, -0.2) is 11.2 Å². The van der Waals surface area contributed by atoms with Gasteiger partial charge >= 0.3 is 0 Å². The zero-order valence-corrected chi connectivity index (χ0v) is 12.8. The van der Waals surface area contributed by atoms with Crippen LogP contribution in [0.1, 0.15) is 5.56 Å². The highest BCUT2D eigenvalue weighted by molar-refractivity contribution is 14.1. The minimum Gasteiger partial charge on any atom is -0.261 e. The maximum Gasteiger partial charge on any atom is 0.146 e. The van der Waals surface area contributed by atoms with Crippen LogP contribution in [0.5, 0.6) is 0 Å². The Labute approximate surface area is 130 Å². The first kappa shape index (κ1) is 13.1. The number of nitrogens with zero attached hydrogens (tertiary/aromatic N) is 2. The molecule has 3 nitrogen and oxygen atoms in total. The summed E-state index contributed by atoms with van der Waals surface area (Å²) < 4.78 is 1.21. The summed E-state index contributed by atoms with van der Waals surface area (Å²) in [6, 6.07) is 20.1. The molecule has 98 valence electrons. The molecule has 0 aliphatic rings. The maximum atomic E-state index is 4.49. The van der Waals surface area contributed by atoms with Gasteiger partial charge in [0, 0.05) is 8.96 Å². The summed E-state index contributed by atoms with van der Waals surface area (Å²) in [7, 11) is 0. The van der Waals surface area contributed by atoms with Crippen molar-refractivity contribution in [2.75, 3.05) is 5.43 Å². The predicted octanol–water partition coefficient (Wildman–Crippen LogP) is 4.29. The van der Waals surface area contributed by atoms with Crippen molar-refractivity contribution >= 4 is 45.5 Å². The molecule has 3 rings (SSSR count). The van der Waals surface area contributed by atoms with Crippen molar-refractivity contribution in [1.29, 1.82) is 0 Å². The first-order valence-electron chi connectivity index (χ1n) is 6.22. The first-order chi connectivity index (χ1) is 9.81. The second kappa shape index (κ2) is 6.00. The summed E-state index contributed by atoms with van der Waals surface area (Å²) in [5.41, 5.74) is 4.97. The van der Waals surface area contributed by atoms with E-state index in [-0.39, 0.29) is 0 Å². The van der Waals surface area contributed by atoms with Crippen LogP contribution >= 0.6 is 22.6 Å². The molecule has 0 atom stereocenters. The van der Waals surface area contributed by atoms with Crippen LogP contribution < -0.4 is 5.43 Å². The van der Waals surface area contributed by atoms with Gasteiger partial charge in [-0.05, 0) is 58.5 Å². The van der Waals surface area contributed by atoms with Gasteiger partial charge in [-0.3, -0.25) is 5.43 Å². The molecular formula is C16H12IN3. The molecule has 0 aliphatic heterocycles. The standard InChI is InChI=1S/C16H12IN3/c17-14-8-5-12(6-9-14)11-18-20-16-10-7-13-3-1-2-4-15(13)19-16/h1-11H,(H,19,20)/b18-11+. The van der Waals surface area contributed by atoms with Crippen LogP contribution in [0.25, 0.3) is 10.9 Å². The van der Waals surface area contributed by atoms with Gasteiger partial charge in [-0.15, -0.1) is 0 Å². The fourth-order valence-corrected chi connectivity index (χ4v) is 2.21. The Hall–Kier alpha value is -1.95. The molecule has 1 heterocycles. The quantitative estimate of drug-likeness (QED) is 0.423. The van der Waals surface area contributed by atoms with E-state index in [0.717, 1.165) is 22.3 Å². The second-order valence-corrected chi connectivity index (χ2v) is 5.56. The maximum absolute atomic E-state index is 4.49. The summed E-state index contributed by atoms with van der Waals surface area (Å²) in [5.74, 6) is 0.741. The molecule has 1 aromatic heterocycles. The van der Waals surface area contributed by atoms with E-state index in [1.165, 1.54) is 3.57 Å². The van der Waals surface area contributed by atoms with Crippen LogP contribution in [0, 0.1) is 3.57 Å². The topological polar surface area (TPSA) is 37.3 Å². The molecule has 0 aliphatic carbocycles. The summed E-state index contributed by atoms with van der Waals surface area (Å²) in [5, 5.41) is 5.33. The molecule has 4 heteroatoms. The van der Waals surface area contributed by atoms with E-state index in [1.807, 2.05) is 48.5 Å². The van der Waals surface area contributed by atoms with E-state index < -0.39 is 0 Å². The zero-order chi connectivity index (χ0) is 13.8. The second-order valence-electron chi connectivity index (χ2n) is 4.31. The lowest BCUT2D eigenvalue weighted by molar-refractivity contribution is 1.26. The van der Waals surface area contributed by atoms with Gasteiger partial charge in [0.25, 0.3) is 0 Å². The predicted molar refractivity (Wildman–Crippen MR) is 92.1 cm³/mol. The van der Waals surface area contributed by atoms with Crippen LogP contribution in [0.3, 0.4) is 0 Å². The van der Waals surface area contributed by atoms with Gasteiger partial charge in [0.2, 0.25) is 0 Å². The van der Waals surface area contributed by atoms with Gasteiger partial charge in [0.15, 0.2) is 0 Å². The highest BCUT2D eigenvalue weighted by Crippen LogP contribution is 2.14. The molecule has 0 fully saturated rings. The Kier molecular flexibility index (Phi) is 3.92. The molecule has 3 aromatic rings. The Bertz CT molecular complexity index is 751. The third-order valence-corrected chi connectivity index (χ3v) is 3.58. The molecule has 0 unspecified atom stereocenters. The van der Waals surface area contributed by atoms with E-state index in [0.29, 0.717) is 0 Å². The normalized spacial score (nSPS) is 11.1. The van der Waals surface area contributed by atoms with Crippen molar-refractivity contribution < 1.29 is 0 Å². The van der Waals surface area contributed by atoms with E-state index in [4.69, 9.17) is 0 Å². The van der Waals surface area contributed by atoms with E-state index in [9.17, 15) is 0 Å². The zero-order valence-electron chi connectivity index (χ0n) is 10.6. The number of halogens is 1. The largest absolute Gasteiger partial charge is 0.261 e. The van der Waals surface area contributed by atoms with Crippen LogP contribution in [-0.2, 0) is 0 Å². The Morgan fingerprint density at radius 2 is 1.75 bits per heavy atom. The van der Waals surface area contributed by atoms with Crippen molar-refractivity contribution in [1.82, 2.24) is 4.98 Å². The molecule has 2 aromatic carbocycles. The number of aromatic nitrogens is 1. The molecule has 0 amide bonds. The smallest absolute Gasteiger partial charge is 0.146 e. The number of fused-ring (bicyclic) bond motifs is 1. The average molecular weight is 373 g/mol.